The van der Waals surface area contributed by atoms with Crippen LogP contribution in [0.15, 0.2) is 9.59 Å². The van der Waals surface area contributed by atoms with E-state index in [4.69, 9.17) is 0 Å². The maximum absolute atomic E-state index is 11.7. The topological polar surface area (TPSA) is 103 Å². The molecule has 1 aliphatic rings. The number of H-pyrrole nitrogens is 2. The summed E-state index contributed by atoms with van der Waals surface area (Å²) < 4.78 is 0. The third-order valence-electron chi connectivity index (χ3n) is 2.32. The Balaban J connectivity index is 2.74. The molecule has 2 N–H and O–H groups in total. The fraction of sp³-hybridized carbons (Fsp3) is 0.333. The highest BCUT2D eigenvalue weighted by Crippen LogP contribution is 2.18. The van der Waals surface area contributed by atoms with Gasteiger partial charge in [-0.05, 0) is 13.8 Å². The van der Waals surface area contributed by atoms with Crippen molar-refractivity contribution in [1.29, 1.82) is 0 Å². The molecule has 7 heteroatoms. The van der Waals surface area contributed by atoms with Crippen LogP contribution in [-0.4, -0.2) is 32.7 Å². The van der Waals surface area contributed by atoms with E-state index in [2.05, 4.69) is 4.98 Å². The minimum atomic E-state index is -0.833. The van der Waals surface area contributed by atoms with Crippen molar-refractivity contribution in [2.75, 3.05) is 0 Å². The van der Waals surface area contributed by atoms with Crippen molar-refractivity contribution >= 4 is 11.8 Å². The van der Waals surface area contributed by atoms with Gasteiger partial charge in [0.2, 0.25) is 0 Å². The van der Waals surface area contributed by atoms with Gasteiger partial charge in [-0.3, -0.25) is 24.3 Å². The zero-order chi connectivity index (χ0) is 12.0. The molecular formula is C9H9N3O4. The number of amides is 2. The number of carbonyl (C=O) groups excluding carboxylic acids is 2. The monoisotopic (exact) mass is 223 g/mol. The zero-order valence-corrected chi connectivity index (χ0v) is 8.66. The van der Waals surface area contributed by atoms with E-state index in [-0.39, 0.29) is 17.3 Å². The van der Waals surface area contributed by atoms with E-state index in [0.29, 0.717) is 0 Å². The molecule has 0 saturated carbocycles. The van der Waals surface area contributed by atoms with Crippen LogP contribution in [0.1, 0.15) is 34.7 Å². The van der Waals surface area contributed by atoms with Gasteiger partial charge in [0, 0.05) is 6.04 Å². The van der Waals surface area contributed by atoms with Crippen molar-refractivity contribution in [2.24, 2.45) is 0 Å². The normalized spacial score (nSPS) is 14.8. The van der Waals surface area contributed by atoms with Crippen LogP contribution in [0.25, 0.3) is 0 Å². The molecule has 0 aromatic carbocycles. The molecule has 0 bridgehead atoms. The lowest BCUT2D eigenvalue weighted by Gasteiger charge is -2.17. The second-order valence-corrected chi connectivity index (χ2v) is 3.73. The van der Waals surface area contributed by atoms with Crippen LogP contribution in [-0.2, 0) is 0 Å². The van der Waals surface area contributed by atoms with E-state index < -0.39 is 23.1 Å². The maximum atomic E-state index is 11.7. The van der Waals surface area contributed by atoms with E-state index >= 15 is 0 Å². The predicted molar refractivity (Wildman–Crippen MR) is 53.3 cm³/mol. The van der Waals surface area contributed by atoms with Gasteiger partial charge in [0.15, 0.2) is 0 Å². The molecule has 7 nitrogen and oxygen atoms in total. The Morgan fingerprint density at radius 3 is 2.19 bits per heavy atom. The van der Waals surface area contributed by atoms with E-state index in [9.17, 15) is 19.2 Å². The Morgan fingerprint density at radius 2 is 1.62 bits per heavy atom. The molecule has 1 aromatic heterocycles. The SMILES string of the molecule is CC(C)N1C(=O)c2[nH]c(=O)[nH]c(=O)c2C1=O. The smallest absolute Gasteiger partial charge is 0.302 e. The molecule has 1 aliphatic heterocycles. The molecule has 2 heterocycles. The molecule has 1 aromatic rings. The molecule has 0 saturated heterocycles. The van der Waals surface area contributed by atoms with Crippen LogP contribution in [0.4, 0.5) is 0 Å². The Kier molecular flexibility index (Phi) is 2.04. The third-order valence-corrected chi connectivity index (χ3v) is 2.32. The van der Waals surface area contributed by atoms with Crippen LogP contribution in [0.5, 0.6) is 0 Å². The molecule has 16 heavy (non-hydrogen) atoms. The number of hydrogen-bond acceptors (Lipinski definition) is 4. The molecule has 84 valence electrons. The van der Waals surface area contributed by atoms with E-state index in [1.807, 2.05) is 4.98 Å². The van der Waals surface area contributed by atoms with Crippen LogP contribution >= 0.6 is 0 Å². The fourth-order valence-electron chi connectivity index (χ4n) is 1.65. The van der Waals surface area contributed by atoms with Gasteiger partial charge in [-0.1, -0.05) is 0 Å². The third kappa shape index (κ3) is 1.21. The van der Waals surface area contributed by atoms with Crippen LogP contribution < -0.4 is 11.2 Å². The lowest BCUT2D eigenvalue weighted by Crippen LogP contribution is -2.36. The summed E-state index contributed by atoms with van der Waals surface area (Å²) in [6.45, 7) is 3.29. The fourth-order valence-corrected chi connectivity index (χ4v) is 1.65. The molecule has 0 spiro atoms. The molecule has 0 aliphatic carbocycles. The number of rotatable bonds is 1. The highest BCUT2D eigenvalue weighted by Gasteiger charge is 2.40. The summed E-state index contributed by atoms with van der Waals surface area (Å²) in [5.41, 5.74) is -2.15. The van der Waals surface area contributed by atoms with Crippen LogP contribution in [0.2, 0.25) is 0 Å². The molecule has 0 unspecified atom stereocenters. The minimum Gasteiger partial charge on any atom is -0.302 e. The summed E-state index contributed by atoms with van der Waals surface area (Å²) in [7, 11) is 0. The summed E-state index contributed by atoms with van der Waals surface area (Å²) in [6.07, 6.45) is 0. The van der Waals surface area contributed by atoms with Crippen molar-refractivity contribution < 1.29 is 9.59 Å². The molecule has 0 fully saturated rings. The van der Waals surface area contributed by atoms with Crippen molar-refractivity contribution in [3.05, 3.63) is 32.1 Å². The Hall–Kier alpha value is -2.18. The zero-order valence-electron chi connectivity index (χ0n) is 8.66. The number of imide groups is 1. The first-order chi connectivity index (χ1) is 7.43. The van der Waals surface area contributed by atoms with Gasteiger partial charge in [0.05, 0.1) is 0 Å². The van der Waals surface area contributed by atoms with Gasteiger partial charge in [-0.2, -0.15) is 0 Å². The highest BCUT2D eigenvalue weighted by molar-refractivity contribution is 6.20. The highest BCUT2D eigenvalue weighted by atomic mass is 16.2. The first kappa shape index (κ1) is 10.3. The molecule has 2 amide bonds. The minimum absolute atomic E-state index is 0.229. The number of aromatic nitrogens is 2. The number of fused-ring (bicyclic) bond motifs is 1. The number of nitrogens with one attached hydrogen (secondary N) is 2. The van der Waals surface area contributed by atoms with Gasteiger partial charge in [-0.15, -0.1) is 0 Å². The van der Waals surface area contributed by atoms with Gasteiger partial charge in [0.1, 0.15) is 11.3 Å². The molecule has 0 atom stereocenters. The van der Waals surface area contributed by atoms with Gasteiger partial charge in [-0.25, -0.2) is 4.79 Å². The van der Waals surface area contributed by atoms with Crippen LogP contribution in [0.3, 0.4) is 0 Å². The van der Waals surface area contributed by atoms with Crippen LogP contribution in [0, 0.1) is 0 Å². The average molecular weight is 223 g/mol. The first-order valence-electron chi connectivity index (χ1n) is 4.68. The number of carbonyl (C=O) groups is 2. The number of aromatic amines is 2. The van der Waals surface area contributed by atoms with Crippen molar-refractivity contribution in [3.8, 4) is 0 Å². The largest absolute Gasteiger partial charge is 0.326 e. The number of nitrogens with zero attached hydrogens (tertiary/aromatic N) is 1. The van der Waals surface area contributed by atoms with Crippen molar-refractivity contribution in [2.45, 2.75) is 19.9 Å². The second-order valence-electron chi connectivity index (χ2n) is 3.73. The van der Waals surface area contributed by atoms with Gasteiger partial charge in [0.25, 0.3) is 17.4 Å². The molecule has 0 radical (unpaired) electrons. The second kappa shape index (κ2) is 3.16. The Bertz CT molecular complexity index is 596. The van der Waals surface area contributed by atoms with E-state index in [0.717, 1.165) is 4.90 Å². The summed E-state index contributed by atoms with van der Waals surface area (Å²) in [6, 6.07) is -0.365. The summed E-state index contributed by atoms with van der Waals surface area (Å²) in [4.78, 5) is 50.9. The quantitative estimate of drug-likeness (QED) is 0.600. The molecule has 2 rings (SSSR count). The average Bonchev–Trinajstić information content (AvgIpc) is 2.38. The Morgan fingerprint density at radius 1 is 1.00 bits per heavy atom. The predicted octanol–water partition coefficient (Wildman–Crippen LogP) is -0.932. The maximum Gasteiger partial charge on any atom is 0.326 e. The summed E-state index contributed by atoms with van der Waals surface area (Å²) in [5.74, 6) is -1.31. The van der Waals surface area contributed by atoms with Crippen molar-refractivity contribution in [1.82, 2.24) is 14.9 Å². The number of hydrogen-bond donors (Lipinski definition) is 2. The van der Waals surface area contributed by atoms with Gasteiger partial charge >= 0.3 is 5.69 Å². The van der Waals surface area contributed by atoms with E-state index in [1.54, 1.807) is 13.8 Å². The molecular weight excluding hydrogens is 214 g/mol. The lowest BCUT2D eigenvalue weighted by molar-refractivity contribution is 0.0606. The van der Waals surface area contributed by atoms with E-state index in [1.165, 1.54) is 0 Å². The summed E-state index contributed by atoms with van der Waals surface area (Å²) >= 11 is 0. The first-order valence-corrected chi connectivity index (χ1v) is 4.68. The summed E-state index contributed by atoms with van der Waals surface area (Å²) in [5, 5.41) is 0. The van der Waals surface area contributed by atoms with Crippen molar-refractivity contribution in [3.63, 3.8) is 0 Å². The van der Waals surface area contributed by atoms with Gasteiger partial charge < -0.3 is 4.98 Å². The standard InChI is InChI=1S/C9H9N3O4/c1-3(2)12-7(14)4-5(8(12)15)10-9(16)11-6(4)13/h3H,1-2H3,(H2,10,11,13,16). The lowest BCUT2D eigenvalue weighted by atomic mass is 10.2. The Labute approximate surface area is 89.1 Å².